The molecule has 1 saturated heterocycles. The van der Waals surface area contributed by atoms with Gasteiger partial charge in [-0.15, -0.1) is 0 Å². The Balaban J connectivity index is 1.24. The summed E-state index contributed by atoms with van der Waals surface area (Å²) in [5, 5.41) is 0. The number of pyridine rings is 2. The van der Waals surface area contributed by atoms with Crippen molar-refractivity contribution in [1.29, 1.82) is 0 Å². The smallest absolute Gasteiger partial charge is 0.129 e. The zero-order valence-electron chi connectivity index (χ0n) is 18.6. The van der Waals surface area contributed by atoms with E-state index >= 15 is 0 Å². The molecule has 0 bridgehead atoms. The predicted molar refractivity (Wildman–Crippen MR) is 128 cm³/mol. The van der Waals surface area contributed by atoms with Crippen molar-refractivity contribution in [2.24, 2.45) is 11.3 Å². The van der Waals surface area contributed by atoms with E-state index < -0.39 is 8.07 Å². The van der Waals surface area contributed by atoms with Gasteiger partial charge in [0.1, 0.15) is 18.2 Å². The monoisotopic (exact) mass is 430 g/mol. The van der Waals surface area contributed by atoms with E-state index in [4.69, 9.17) is 9.72 Å². The van der Waals surface area contributed by atoms with E-state index in [2.05, 4.69) is 70.3 Å². The van der Waals surface area contributed by atoms with Crippen LogP contribution >= 0.6 is 0 Å². The number of piperidine rings is 1. The summed E-state index contributed by atoms with van der Waals surface area (Å²) >= 11 is 0. The summed E-state index contributed by atoms with van der Waals surface area (Å²) in [5.41, 5.74) is 3.13. The van der Waals surface area contributed by atoms with E-state index in [0.717, 1.165) is 42.2 Å². The van der Waals surface area contributed by atoms with Crippen molar-refractivity contribution in [3.63, 3.8) is 0 Å². The molecule has 160 valence electrons. The van der Waals surface area contributed by atoms with Gasteiger partial charge in [-0.05, 0) is 54.6 Å². The predicted octanol–water partition coefficient (Wildman–Crippen LogP) is 4.62. The SMILES string of the molecule is C[Si](C)(C)CCOCn1ccc2nc(N3CC4CC4(C#Cc4ccccn4)C3)ccc21. The van der Waals surface area contributed by atoms with Crippen molar-refractivity contribution in [2.45, 2.75) is 38.8 Å². The Morgan fingerprint density at radius 3 is 2.90 bits per heavy atom. The average Bonchev–Trinajstić information content (AvgIpc) is 3.09. The summed E-state index contributed by atoms with van der Waals surface area (Å²) in [4.78, 5) is 11.7. The van der Waals surface area contributed by atoms with Crippen molar-refractivity contribution in [3.05, 3.63) is 54.5 Å². The normalized spacial score (nSPS) is 22.3. The highest BCUT2D eigenvalue weighted by molar-refractivity contribution is 6.76. The van der Waals surface area contributed by atoms with Crippen molar-refractivity contribution in [1.82, 2.24) is 14.5 Å². The van der Waals surface area contributed by atoms with Crippen molar-refractivity contribution >= 4 is 24.9 Å². The first-order valence-corrected chi connectivity index (χ1v) is 14.9. The number of rotatable bonds is 6. The highest BCUT2D eigenvalue weighted by atomic mass is 28.3. The quantitative estimate of drug-likeness (QED) is 0.325. The lowest BCUT2D eigenvalue weighted by Crippen LogP contribution is -2.25. The van der Waals surface area contributed by atoms with Crippen molar-refractivity contribution < 1.29 is 4.74 Å². The maximum atomic E-state index is 5.93. The standard InChI is InChI=1S/C25H30N4OSi/c1-31(2,3)15-14-30-19-28-13-10-22-23(28)7-8-24(27-22)29-17-20-16-25(20,18-29)11-9-21-6-4-5-12-26-21/h4-8,10,12-13,20H,14-19H2,1-3H3. The number of aromatic nitrogens is 3. The molecule has 1 aliphatic heterocycles. The van der Waals surface area contributed by atoms with Crippen LogP contribution < -0.4 is 4.90 Å². The molecule has 0 radical (unpaired) electrons. The fourth-order valence-corrected chi connectivity index (χ4v) is 5.13. The number of ether oxygens (including phenoxy) is 1. The molecule has 0 spiro atoms. The Bertz CT molecular complexity index is 1140. The Labute approximate surface area is 185 Å². The van der Waals surface area contributed by atoms with E-state index in [1.165, 1.54) is 12.5 Å². The average molecular weight is 431 g/mol. The molecule has 1 saturated carbocycles. The van der Waals surface area contributed by atoms with Crippen molar-refractivity contribution in [2.75, 3.05) is 24.6 Å². The Kier molecular flexibility index (Phi) is 5.11. The third kappa shape index (κ3) is 4.39. The third-order valence-corrected chi connectivity index (χ3v) is 8.11. The molecule has 3 aromatic heterocycles. The highest BCUT2D eigenvalue weighted by Crippen LogP contribution is 2.57. The topological polar surface area (TPSA) is 43.2 Å². The fraction of sp³-hybridized carbons (Fsp3) is 0.440. The molecule has 31 heavy (non-hydrogen) atoms. The molecule has 1 aliphatic carbocycles. The van der Waals surface area contributed by atoms with E-state index in [9.17, 15) is 0 Å². The molecule has 5 nitrogen and oxygen atoms in total. The number of fused-ring (bicyclic) bond motifs is 2. The highest BCUT2D eigenvalue weighted by Gasteiger charge is 2.59. The van der Waals surface area contributed by atoms with Crippen LogP contribution in [0.1, 0.15) is 12.1 Å². The molecule has 6 heteroatoms. The first-order chi connectivity index (χ1) is 14.9. The van der Waals surface area contributed by atoms with Crippen LogP contribution in [0.5, 0.6) is 0 Å². The van der Waals surface area contributed by atoms with Crippen LogP contribution in [0.3, 0.4) is 0 Å². The maximum Gasteiger partial charge on any atom is 0.129 e. The molecule has 0 N–H and O–H groups in total. The van der Waals surface area contributed by atoms with Gasteiger partial charge in [-0.25, -0.2) is 9.97 Å². The molecule has 0 amide bonds. The van der Waals surface area contributed by atoms with E-state index in [0.29, 0.717) is 12.6 Å². The van der Waals surface area contributed by atoms with Gasteiger partial charge >= 0.3 is 0 Å². The zero-order valence-corrected chi connectivity index (χ0v) is 19.6. The van der Waals surface area contributed by atoms with Gasteiger partial charge < -0.3 is 14.2 Å². The number of hydrogen-bond donors (Lipinski definition) is 0. The molecule has 2 unspecified atom stereocenters. The second-order valence-corrected chi connectivity index (χ2v) is 15.7. The molecule has 0 aromatic carbocycles. The molecule has 5 rings (SSSR count). The second kappa shape index (κ2) is 7.81. The van der Waals surface area contributed by atoms with Crippen molar-refractivity contribution in [3.8, 4) is 11.8 Å². The van der Waals surface area contributed by atoms with Gasteiger partial charge in [-0.1, -0.05) is 31.6 Å². The number of anilines is 1. The summed E-state index contributed by atoms with van der Waals surface area (Å²) in [7, 11) is -1.05. The second-order valence-electron chi connectivity index (χ2n) is 10.1. The minimum Gasteiger partial charge on any atom is -0.361 e. The molecular formula is C25H30N4OSi. The first-order valence-electron chi connectivity index (χ1n) is 11.1. The van der Waals surface area contributed by atoms with Crippen LogP contribution in [0.15, 0.2) is 48.8 Å². The van der Waals surface area contributed by atoms with Gasteiger partial charge in [0.05, 0.1) is 16.4 Å². The van der Waals surface area contributed by atoms with Crippen LogP contribution in [0.2, 0.25) is 25.7 Å². The lowest BCUT2D eigenvalue weighted by Gasteiger charge is -2.20. The van der Waals surface area contributed by atoms with Crippen LogP contribution in [-0.4, -0.2) is 42.3 Å². The Morgan fingerprint density at radius 1 is 1.19 bits per heavy atom. The number of nitrogens with zero attached hydrogens (tertiary/aromatic N) is 4. The number of hydrogen-bond acceptors (Lipinski definition) is 4. The van der Waals surface area contributed by atoms with Gasteiger partial charge in [0.2, 0.25) is 0 Å². The van der Waals surface area contributed by atoms with Gasteiger partial charge in [0.25, 0.3) is 0 Å². The molecule has 2 aliphatic rings. The first kappa shape index (κ1) is 20.3. The lowest BCUT2D eigenvalue weighted by atomic mass is 10.1. The van der Waals surface area contributed by atoms with Crippen LogP contribution in [0, 0.1) is 23.2 Å². The lowest BCUT2D eigenvalue weighted by molar-refractivity contribution is 0.0902. The molecule has 4 heterocycles. The van der Waals surface area contributed by atoms with E-state index in [1.54, 1.807) is 6.20 Å². The summed E-state index contributed by atoms with van der Waals surface area (Å²) in [6.07, 6.45) is 5.07. The summed E-state index contributed by atoms with van der Waals surface area (Å²) in [5.74, 6) is 8.51. The summed E-state index contributed by atoms with van der Waals surface area (Å²) in [6, 6.07) is 13.5. The molecule has 2 atom stereocenters. The summed E-state index contributed by atoms with van der Waals surface area (Å²) in [6.45, 7) is 10.5. The van der Waals surface area contributed by atoms with Crippen LogP contribution in [0.25, 0.3) is 11.0 Å². The maximum absolute atomic E-state index is 5.93. The van der Waals surface area contributed by atoms with Gasteiger partial charge in [0, 0.05) is 40.2 Å². The van der Waals surface area contributed by atoms with E-state index in [-0.39, 0.29) is 5.41 Å². The minimum atomic E-state index is -1.05. The third-order valence-electron chi connectivity index (χ3n) is 6.41. The van der Waals surface area contributed by atoms with Gasteiger partial charge in [-0.3, -0.25) is 0 Å². The Morgan fingerprint density at radius 2 is 2.10 bits per heavy atom. The zero-order chi connectivity index (χ0) is 21.5. The largest absolute Gasteiger partial charge is 0.361 e. The van der Waals surface area contributed by atoms with Crippen LogP contribution in [0.4, 0.5) is 5.82 Å². The summed E-state index contributed by atoms with van der Waals surface area (Å²) < 4.78 is 8.08. The van der Waals surface area contributed by atoms with Crippen LogP contribution in [-0.2, 0) is 11.5 Å². The molecule has 3 aromatic rings. The van der Waals surface area contributed by atoms with Gasteiger partial charge in [0.15, 0.2) is 0 Å². The molecule has 2 fully saturated rings. The Hall–Kier alpha value is -2.62. The fourth-order valence-electron chi connectivity index (χ4n) is 4.37. The molecular weight excluding hydrogens is 400 g/mol. The minimum absolute atomic E-state index is 0.115. The van der Waals surface area contributed by atoms with Gasteiger partial charge in [-0.2, -0.15) is 0 Å². The van der Waals surface area contributed by atoms with E-state index in [1.807, 2.05) is 18.2 Å².